The van der Waals surface area contributed by atoms with Crippen LogP contribution in [0.25, 0.3) is 0 Å². The van der Waals surface area contributed by atoms with Crippen LogP contribution in [0.4, 0.5) is 13.2 Å². The molecule has 0 aromatic carbocycles. The van der Waals surface area contributed by atoms with Gasteiger partial charge in [-0.2, -0.15) is 13.2 Å². The maximum absolute atomic E-state index is 12.0. The van der Waals surface area contributed by atoms with E-state index in [0.717, 1.165) is 0 Å². The molecule has 1 saturated heterocycles. The van der Waals surface area contributed by atoms with E-state index in [4.69, 9.17) is 5.73 Å². The molecule has 0 bridgehead atoms. The van der Waals surface area contributed by atoms with Crippen LogP contribution in [0.2, 0.25) is 0 Å². The summed E-state index contributed by atoms with van der Waals surface area (Å²) in [5.41, 5.74) is 5.18. The van der Waals surface area contributed by atoms with Gasteiger partial charge in [-0.15, -0.1) is 0 Å². The Hall–Kier alpha value is -0.290. The van der Waals surface area contributed by atoms with Gasteiger partial charge in [-0.05, 0) is 6.42 Å². The third-order valence-electron chi connectivity index (χ3n) is 1.88. The lowest BCUT2D eigenvalue weighted by atomic mass is 10.1. The van der Waals surface area contributed by atoms with Crippen molar-refractivity contribution in [1.82, 2.24) is 5.32 Å². The second kappa shape index (κ2) is 2.98. The summed E-state index contributed by atoms with van der Waals surface area (Å²) in [4.78, 5) is 0. The lowest BCUT2D eigenvalue weighted by Gasteiger charge is -2.12. The molecule has 0 aliphatic carbocycles. The number of nitrogens with two attached hydrogens (primary N) is 1. The molecule has 1 aliphatic heterocycles. The molecule has 0 amide bonds. The van der Waals surface area contributed by atoms with E-state index in [1.165, 1.54) is 0 Å². The molecule has 11 heavy (non-hydrogen) atoms. The molecular formula is C6H10F3N2. The predicted octanol–water partition coefficient (Wildman–Crippen LogP) is 0.500. The van der Waals surface area contributed by atoms with Gasteiger partial charge in [0.1, 0.15) is 0 Å². The van der Waals surface area contributed by atoms with E-state index in [0.29, 0.717) is 0 Å². The Labute approximate surface area is 62.9 Å². The van der Waals surface area contributed by atoms with Crippen LogP contribution in [0.15, 0.2) is 0 Å². The molecule has 2 atom stereocenters. The van der Waals surface area contributed by atoms with E-state index in [1.54, 1.807) is 0 Å². The van der Waals surface area contributed by atoms with E-state index in [2.05, 4.69) is 5.32 Å². The molecule has 2 N–H and O–H groups in total. The number of nitrogens with zero attached hydrogens (tertiary/aromatic N) is 1. The number of hydrogen-bond donors (Lipinski definition) is 1. The minimum absolute atomic E-state index is 0.0694. The number of hydrogen-bond acceptors (Lipinski definition) is 1. The molecule has 1 aliphatic rings. The summed E-state index contributed by atoms with van der Waals surface area (Å²) in [6.07, 6.45) is -4.02. The van der Waals surface area contributed by atoms with Gasteiger partial charge in [0, 0.05) is 19.1 Å². The summed E-state index contributed by atoms with van der Waals surface area (Å²) in [7, 11) is 0. The Morgan fingerprint density at radius 3 is 2.36 bits per heavy atom. The molecule has 2 unspecified atom stereocenters. The van der Waals surface area contributed by atoms with Crippen molar-refractivity contribution in [1.29, 1.82) is 0 Å². The zero-order valence-corrected chi connectivity index (χ0v) is 5.93. The van der Waals surface area contributed by atoms with Gasteiger partial charge in [-0.1, -0.05) is 0 Å². The highest BCUT2D eigenvalue weighted by Crippen LogP contribution is 2.32. The van der Waals surface area contributed by atoms with Gasteiger partial charge in [0.15, 0.2) is 0 Å². The summed E-state index contributed by atoms with van der Waals surface area (Å²) in [5, 5.41) is 3.76. The third kappa shape index (κ3) is 2.07. The summed E-state index contributed by atoms with van der Waals surface area (Å²) < 4.78 is 35.9. The van der Waals surface area contributed by atoms with E-state index in [-0.39, 0.29) is 25.6 Å². The van der Waals surface area contributed by atoms with Crippen molar-refractivity contribution in [3.8, 4) is 0 Å². The summed E-state index contributed by atoms with van der Waals surface area (Å²) >= 11 is 0. The molecule has 1 fully saturated rings. The summed E-state index contributed by atoms with van der Waals surface area (Å²) in [6, 6.07) is -0.276. The van der Waals surface area contributed by atoms with Gasteiger partial charge in [0.05, 0.1) is 5.92 Å². The SMILES string of the molecule is NCC1CC(C(F)(F)F)C[N]1. The van der Waals surface area contributed by atoms with Crippen LogP contribution in [-0.4, -0.2) is 25.3 Å². The minimum atomic E-state index is -4.09. The Kier molecular flexibility index (Phi) is 2.39. The van der Waals surface area contributed by atoms with Crippen LogP contribution < -0.4 is 11.1 Å². The highest BCUT2D eigenvalue weighted by molar-refractivity contribution is 4.85. The Bertz CT molecular complexity index is 134. The molecule has 0 saturated carbocycles. The van der Waals surface area contributed by atoms with Crippen LogP contribution in [-0.2, 0) is 0 Å². The number of halogens is 3. The smallest absolute Gasteiger partial charge is 0.329 e. The molecule has 1 heterocycles. The van der Waals surface area contributed by atoms with E-state index < -0.39 is 12.1 Å². The van der Waals surface area contributed by atoms with Crippen LogP contribution in [0.3, 0.4) is 0 Å². The van der Waals surface area contributed by atoms with Crippen molar-refractivity contribution >= 4 is 0 Å². The highest BCUT2D eigenvalue weighted by Gasteiger charge is 2.44. The van der Waals surface area contributed by atoms with Gasteiger partial charge >= 0.3 is 6.18 Å². The molecule has 5 heteroatoms. The number of alkyl halides is 3. The van der Waals surface area contributed by atoms with Gasteiger partial charge in [0.25, 0.3) is 0 Å². The van der Waals surface area contributed by atoms with Gasteiger partial charge in [0.2, 0.25) is 0 Å². The topological polar surface area (TPSA) is 40.1 Å². The average Bonchev–Trinajstić information content (AvgIpc) is 2.32. The van der Waals surface area contributed by atoms with Crippen molar-refractivity contribution in [3.05, 3.63) is 0 Å². The van der Waals surface area contributed by atoms with Crippen molar-refractivity contribution in [3.63, 3.8) is 0 Å². The lowest BCUT2D eigenvalue weighted by molar-refractivity contribution is -0.169. The third-order valence-corrected chi connectivity index (χ3v) is 1.88. The molecular weight excluding hydrogens is 157 g/mol. The van der Waals surface area contributed by atoms with E-state index in [9.17, 15) is 13.2 Å². The van der Waals surface area contributed by atoms with Crippen LogP contribution in [0.1, 0.15) is 6.42 Å². The monoisotopic (exact) mass is 167 g/mol. The van der Waals surface area contributed by atoms with Crippen molar-refractivity contribution in [2.24, 2.45) is 11.7 Å². The molecule has 1 radical (unpaired) electrons. The van der Waals surface area contributed by atoms with Crippen molar-refractivity contribution in [2.75, 3.05) is 13.1 Å². The maximum atomic E-state index is 12.0. The molecule has 2 nitrogen and oxygen atoms in total. The minimum Gasteiger partial charge on any atom is -0.329 e. The Morgan fingerprint density at radius 1 is 1.45 bits per heavy atom. The largest absolute Gasteiger partial charge is 0.393 e. The van der Waals surface area contributed by atoms with Gasteiger partial charge in [-0.25, -0.2) is 5.32 Å². The van der Waals surface area contributed by atoms with Crippen LogP contribution in [0.5, 0.6) is 0 Å². The molecule has 65 valence electrons. The first-order chi connectivity index (χ1) is 5.04. The van der Waals surface area contributed by atoms with E-state index >= 15 is 0 Å². The maximum Gasteiger partial charge on any atom is 0.393 e. The van der Waals surface area contributed by atoms with E-state index in [1.807, 2.05) is 0 Å². The normalized spacial score (nSPS) is 32.7. The van der Waals surface area contributed by atoms with Crippen molar-refractivity contribution < 1.29 is 13.2 Å². The second-order valence-electron chi connectivity index (χ2n) is 2.73. The van der Waals surface area contributed by atoms with Gasteiger partial charge < -0.3 is 5.73 Å². The van der Waals surface area contributed by atoms with Crippen LogP contribution >= 0.6 is 0 Å². The Morgan fingerprint density at radius 2 is 2.09 bits per heavy atom. The predicted molar refractivity (Wildman–Crippen MR) is 34.0 cm³/mol. The first kappa shape index (κ1) is 8.80. The zero-order chi connectivity index (χ0) is 8.48. The fourth-order valence-electron chi connectivity index (χ4n) is 1.16. The average molecular weight is 167 g/mol. The fraction of sp³-hybridized carbons (Fsp3) is 1.00. The molecule has 0 aromatic heterocycles. The zero-order valence-electron chi connectivity index (χ0n) is 5.93. The Balaban J connectivity index is 2.42. The first-order valence-corrected chi connectivity index (χ1v) is 3.47. The fourth-order valence-corrected chi connectivity index (χ4v) is 1.16. The molecule has 1 rings (SSSR count). The second-order valence-corrected chi connectivity index (χ2v) is 2.73. The lowest BCUT2D eigenvalue weighted by Crippen LogP contribution is -2.24. The summed E-state index contributed by atoms with van der Waals surface area (Å²) in [6.45, 7) is 0.123. The quantitative estimate of drug-likeness (QED) is 0.607. The van der Waals surface area contributed by atoms with Crippen LogP contribution in [0, 0.1) is 5.92 Å². The van der Waals surface area contributed by atoms with Gasteiger partial charge in [-0.3, -0.25) is 0 Å². The molecule has 0 spiro atoms. The van der Waals surface area contributed by atoms with Crippen molar-refractivity contribution in [2.45, 2.75) is 18.6 Å². The highest BCUT2D eigenvalue weighted by atomic mass is 19.4. The first-order valence-electron chi connectivity index (χ1n) is 3.47. The molecule has 0 aromatic rings. The summed E-state index contributed by atoms with van der Waals surface area (Å²) in [5.74, 6) is -1.25. The standard InChI is InChI=1S/C6H10F3N2/c7-6(8,9)4-1-5(2-10)11-3-4/h4-5H,1-3,10H2. The number of rotatable bonds is 1.